The van der Waals surface area contributed by atoms with E-state index in [4.69, 9.17) is 4.74 Å². The molecule has 2 fully saturated rings. The Morgan fingerprint density at radius 2 is 2.11 bits per heavy atom. The summed E-state index contributed by atoms with van der Waals surface area (Å²) in [5.41, 5.74) is 1.09. The van der Waals surface area contributed by atoms with Gasteiger partial charge in [0, 0.05) is 12.5 Å². The van der Waals surface area contributed by atoms with Gasteiger partial charge in [-0.25, -0.2) is 0 Å². The third-order valence-electron chi connectivity index (χ3n) is 4.22. The van der Waals surface area contributed by atoms with Crippen LogP contribution in [-0.4, -0.2) is 13.0 Å². The van der Waals surface area contributed by atoms with Gasteiger partial charge in [-0.2, -0.15) is 0 Å². The second kappa shape index (κ2) is 4.63. The van der Waals surface area contributed by atoms with Crippen molar-refractivity contribution in [1.29, 1.82) is 0 Å². The average Bonchev–Trinajstić information content (AvgIpc) is 3.02. The predicted molar refractivity (Wildman–Crippen MR) is 69.2 cm³/mol. The summed E-state index contributed by atoms with van der Waals surface area (Å²) in [5, 5.41) is 3.04. The topological polar surface area (TPSA) is 38.3 Å². The molecule has 3 nitrogen and oxygen atoms in total. The molecule has 0 heterocycles. The molecule has 2 atom stereocenters. The van der Waals surface area contributed by atoms with Gasteiger partial charge in [-0.1, -0.05) is 12.1 Å². The lowest BCUT2D eigenvalue weighted by atomic mass is 10.0. The number of hydrogen-bond acceptors (Lipinski definition) is 2. The highest BCUT2D eigenvalue weighted by Crippen LogP contribution is 2.54. The molecule has 1 aromatic carbocycles. The van der Waals surface area contributed by atoms with Gasteiger partial charge in [0.2, 0.25) is 5.91 Å². The summed E-state index contributed by atoms with van der Waals surface area (Å²) in [6, 6.07) is 7.84. The zero-order valence-corrected chi connectivity index (χ0v) is 10.7. The Balaban J connectivity index is 1.52. The van der Waals surface area contributed by atoms with Crippen LogP contribution in [0.1, 0.15) is 24.8 Å². The number of nitrogens with one attached hydrogen (secondary N) is 1. The lowest BCUT2D eigenvalue weighted by Crippen LogP contribution is -2.29. The second-order valence-electron chi connectivity index (χ2n) is 5.49. The standard InChI is InChI=1S/C15H19NO2/c1-18-14-4-2-3-10(5-14)9-16-15(17)13-7-11-6-12(11)8-13/h2-5,11-13H,6-9H2,1H3,(H,16,17). The number of benzene rings is 1. The van der Waals surface area contributed by atoms with Crippen molar-refractivity contribution in [1.82, 2.24) is 5.32 Å². The zero-order chi connectivity index (χ0) is 12.5. The minimum Gasteiger partial charge on any atom is -0.497 e. The van der Waals surface area contributed by atoms with Crippen LogP contribution in [0.5, 0.6) is 5.75 Å². The molecule has 0 bridgehead atoms. The number of methoxy groups -OCH3 is 1. The normalized spacial score (nSPS) is 28.6. The third-order valence-corrected chi connectivity index (χ3v) is 4.22. The first-order chi connectivity index (χ1) is 8.76. The summed E-state index contributed by atoms with van der Waals surface area (Å²) in [5.74, 6) is 3.04. The Morgan fingerprint density at radius 3 is 2.83 bits per heavy atom. The monoisotopic (exact) mass is 245 g/mol. The van der Waals surface area contributed by atoms with Crippen LogP contribution in [0.2, 0.25) is 0 Å². The van der Waals surface area contributed by atoms with Crippen molar-refractivity contribution in [3.8, 4) is 5.75 Å². The molecule has 2 unspecified atom stereocenters. The van der Waals surface area contributed by atoms with Crippen molar-refractivity contribution in [3.63, 3.8) is 0 Å². The van der Waals surface area contributed by atoms with Crippen LogP contribution < -0.4 is 10.1 Å². The molecule has 1 amide bonds. The summed E-state index contributed by atoms with van der Waals surface area (Å²) in [4.78, 5) is 12.0. The van der Waals surface area contributed by atoms with Crippen molar-refractivity contribution in [2.75, 3.05) is 7.11 Å². The quantitative estimate of drug-likeness (QED) is 0.884. The van der Waals surface area contributed by atoms with Crippen molar-refractivity contribution < 1.29 is 9.53 Å². The first-order valence-corrected chi connectivity index (χ1v) is 6.67. The Labute approximate surface area is 108 Å². The number of carbonyl (C=O) groups is 1. The summed E-state index contributed by atoms with van der Waals surface area (Å²) < 4.78 is 5.17. The van der Waals surface area contributed by atoms with Gasteiger partial charge in [0.05, 0.1) is 7.11 Å². The first-order valence-electron chi connectivity index (χ1n) is 6.67. The van der Waals surface area contributed by atoms with Gasteiger partial charge in [0.25, 0.3) is 0 Å². The summed E-state index contributed by atoms with van der Waals surface area (Å²) in [6.45, 7) is 0.599. The lowest BCUT2D eigenvalue weighted by molar-refractivity contribution is -0.125. The molecule has 2 saturated carbocycles. The van der Waals surface area contributed by atoms with Crippen molar-refractivity contribution in [3.05, 3.63) is 29.8 Å². The molecular weight excluding hydrogens is 226 g/mol. The van der Waals surface area contributed by atoms with Crippen LogP contribution >= 0.6 is 0 Å². The van der Waals surface area contributed by atoms with Crippen molar-refractivity contribution in [2.45, 2.75) is 25.8 Å². The van der Waals surface area contributed by atoms with Gasteiger partial charge in [0.1, 0.15) is 5.75 Å². The van der Waals surface area contributed by atoms with Gasteiger partial charge in [-0.3, -0.25) is 4.79 Å². The van der Waals surface area contributed by atoms with Gasteiger partial charge in [-0.15, -0.1) is 0 Å². The highest BCUT2D eigenvalue weighted by atomic mass is 16.5. The fourth-order valence-corrected chi connectivity index (χ4v) is 3.04. The molecule has 3 rings (SSSR count). The number of rotatable bonds is 4. The number of fused-ring (bicyclic) bond motifs is 1. The van der Waals surface area contributed by atoms with Gasteiger partial charge in [-0.05, 0) is 48.8 Å². The number of amides is 1. The minimum atomic E-state index is 0.227. The minimum absolute atomic E-state index is 0.227. The maximum absolute atomic E-state index is 12.0. The van der Waals surface area contributed by atoms with E-state index in [1.807, 2.05) is 24.3 Å². The van der Waals surface area contributed by atoms with Crippen LogP contribution in [0.4, 0.5) is 0 Å². The second-order valence-corrected chi connectivity index (χ2v) is 5.49. The number of hydrogen-bond donors (Lipinski definition) is 1. The fraction of sp³-hybridized carbons (Fsp3) is 0.533. The van der Waals surface area contributed by atoms with E-state index >= 15 is 0 Å². The molecule has 2 aliphatic carbocycles. The summed E-state index contributed by atoms with van der Waals surface area (Å²) in [7, 11) is 1.66. The molecule has 0 spiro atoms. The molecule has 3 heteroatoms. The Hall–Kier alpha value is -1.51. The molecule has 0 aromatic heterocycles. The Morgan fingerprint density at radius 1 is 1.33 bits per heavy atom. The van der Waals surface area contributed by atoms with Gasteiger partial charge >= 0.3 is 0 Å². The first kappa shape index (κ1) is 11.6. The predicted octanol–water partition coefficient (Wildman–Crippen LogP) is 2.36. The summed E-state index contributed by atoms with van der Waals surface area (Å²) >= 11 is 0. The van der Waals surface area contributed by atoms with Crippen molar-refractivity contribution >= 4 is 5.91 Å². The Bertz CT molecular complexity index is 448. The number of carbonyl (C=O) groups excluding carboxylic acids is 1. The molecule has 1 aromatic rings. The van der Waals surface area contributed by atoms with Gasteiger partial charge in [0.15, 0.2) is 0 Å². The molecule has 2 aliphatic rings. The average molecular weight is 245 g/mol. The van der Waals surface area contributed by atoms with E-state index in [9.17, 15) is 4.79 Å². The maximum atomic E-state index is 12.0. The van der Waals surface area contributed by atoms with Crippen LogP contribution in [0.15, 0.2) is 24.3 Å². The van der Waals surface area contributed by atoms with Crippen LogP contribution in [0, 0.1) is 17.8 Å². The molecule has 0 radical (unpaired) electrons. The van der Waals surface area contributed by atoms with E-state index in [2.05, 4.69) is 5.32 Å². The van der Waals surface area contributed by atoms with E-state index in [0.717, 1.165) is 36.0 Å². The number of ether oxygens (including phenoxy) is 1. The maximum Gasteiger partial charge on any atom is 0.223 e. The largest absolute Gasteiger partial charge is 0.497 e. The zero-order valence-electron chi connectivity index (χ0n) is 10.7. The fourth-order valence-electron chi connectivity index (χ4n) is 3.04. The van der Waals surface area contributed by atoms with Crippen LogP contribution in [0.3, 0.4) is 0 Å². The van der Waals surface area contributed by atoms with E-state index in [-0.39, 0.29) is 11.8 Å². The molecular formula is C15H19NO2. The smallest absolute Gasteiger partial charge is 0.223 e. The Kier molecular flexibility index (Phi) is 2.98. The molecule has 0 aliphatic heterocycles. The van der Waals surface area contributed by atoms with Crippen LogP contribution in [0.25, 0.3) is 0 Å². The van der Waals surface area contributed by atoms with E-state index in [1.165, 1.54) is 6.42 Å². The van der Waals surface area contributed by atoms with E-state index < -0.39 is 0 Å². The molecule has 0 saturated heterocycles. The van der Waals surface area contributed by atoms with Crippen molar-refractivity contribution in [2.24, 2.45) is 17.8 Å². The SMILES string of the molecule is COc1cccc(CNC(=O)C2CC3CC3C2)c1. The highest BCUT2D eigenvalue weighted by molar-refractivity contribution is 5.79. The highest BCUT2D eigenvalue weighted by Gasteiger charge is 2.47. The molecule has 96 valence electrons. The molecule has 18 heavy (non-hydrogen) atoms. The van der Waals surface area contributed by atoms with E-state index in [0.29, 0.717) is 6.54 Å². The third kappa shape index (κ3) is 2.35. The summed E-state index contributed by atoms with van der Waals surface area (Å²) in [6.07, 6.45) is 3.57. The van der Waals surface area contributed by atoms with E-state index in [1.54, 1.807) is 7.11 Å². The lowest BCUT2D eigenvalue weighted by Gasteiger charge is -2.12. The van der Waals surface area contributed by atoms with Gasteiger partial charge < -0.3 is 10.1 Å². The molecule has 1 N–H and O–H groups in total. The van der Waals surface area contributed by atoms with Crippen LogP contribution in [-0.2, 0) is 11.3 Å².